The van der Waals surface area contributed by atoms with Crippen LogP contribution in [0.5, 0.6) is 0 Å². The Morgan fingerprint density at radius 1 is 1.70 bits per heavy atom. The molecule has 0 N–H and O–H groups in total. The SMILES string of the molecule is CC1CC(F)(F)CN1C=O. The number of carbonyl (C=O) groups excluding carboxylic acids is 1. The zero-order chi connectivity index (χ0) is 7.78. The van der Waals surface area contributed by atoms with E-state index in [1.165, 1.54) is 0 Å². The molecule has 1 aliphatic rings. The molecule has 0 saturated carbocycles. The molecule has 0 aliphatic carbocycles. The van der Waals surface area contributed by atoms with Crippen LogP contribution in [0.3, 0.4) is 0 Å². The highest BCUT2D eigenvalue weighted by Gasteiger charge is 2.42. The van der Waals surface area contributed by atoms with Gasteiger partial charge in [-0.05, 0) is 6.92 Å². The van der Waals surface area contributed by atoms with Crippen LogP contribution < -0.4 is 0 Å². The summed E-state index contributed by atoms with van der Waals surface area (Å²) < 4.78 is 24.9. The van der Waals surface area contributed by atoms with Gasteiger partial charge >= 0.3 is 0 Å². The molecule has 0 spiro atoms. The summed E-state index contributed by atoms with van der Waals surface area (Å²) in [6.45, 7) is 1.20. The number of halogens is 2. The summed E-state index contributed by atoms with van der Waals surface area (Å²) in [6, 6.07) is -0.313. The smallest absolute Gasteiger partial charge is 0.267 e. The summed E-state index contributed by atoms with van der Waals surface area (Å²) in [6.07, 6.45) is 0.275. The number of carbonyl (C=O) groups is 1. The molecule has 0 aromatic heterocycles. The predicted molar refractivity (Wildman–Crippen MR) is 31.8 cm³/mol. The second kappa shape index (κ2) is 2.18. The average molecular weight is 149 g/mol. The summed E-state index contributed by atoms with van der Waals surface area (Å²) in [5.41, 5.74) is 0. The van der Waals surface area contributed by atoms with Crippen molar-refractivity contribution in [3.8, 4) is 0 Å². The Balaban J connectivity index is 2.60. The van der Waals surface area contributed by atoms with Gasteiger partial charge in [-0.2, -0.15) is 0 Å². The van der Waals surface area contributed by atoms with Crippen LogP contribution in [-0.4, -0.2) is 29.8 Å². The summed E-state index contributed by atoms with van der Waals surface area (Å²) in [5.74, 6) is -2.67. The Morgan fingerprint density at radius 3 is 2.50 bits per heavy atom. The van der Waals surface area contributed by atoms with Gasteiger partial charge in [0.2, 0.25) is 6.41 Å². The van der Waals surface area contributed by atoms with Crippen LogP contribution in [0.2, 0.25) is 0 Å². The van der Waals surface area contributed by atoms with Gasteiger partial charge in [0.15, 0.2) is 0 Å². The highest BCUT2D eigenvalue weighted by molar-refractivity contribution is 5.48. The number of amides is 1. The van der Waals surface area contributed by atoms with Crippen LogP contribution in [0.25, 0.3) is 0 Å². The van der Waals surface area contributed by atoms with E-state index in [0.717, 1.165) is 4.90 Å². The molecule has 0 aromatic carbocycles. The summed E-state index contributed by atoms with van der Waals surface area (Å²) in [4.78, 5) is 11.2. The zero-order valence-electron chi connectivity index (χ0n) is 5.68. The molecule has 1 rings (SSSR count). The molecular formula is C6H9F2NO. The van der Waals surface area contributed by atoms with Gasteiger partial charge in [-0.15, -0.1) is 0 Å². The van der Waals surface area contributed by atoms with Crippen molar-refractivity contribution >= 4 is 6.41 Å². The normalized spacial score (nSPS) is 30.7. The molecule has 58 valence electrons. The average Bonchev–Trinajstić information content (AvgIpc) is 2.05. The van der Waals surface area contributed by atoms with Crippen molar-refractivity contribution in [1.29, 1.82) is 0 Å². The number of rotatable bonds is 1. The number of nitrogens with zero attached hydrogens (tertiary/aromatic N) is 1. The monoisotopic (exact) mass is 149 g/mol. The summed E-state index contributed by atoms with van der Waals surface area (Å²) >= 11 is 0. The van der Waals surface area contributed by atoms with Crippen LogP contribution in [0.4, 0.5) is 8.78 Å². The van der Waals surface area contributed by atoms with Gasteiger partial charge in [0.25, 0.3) is 5.92 Å². The lowest BCUT2D eigenvalue weighted by Crippen LogP contribution is -2.26. The molecule has 10 heavy (non-hydrogen) atoms. The Hall–Kier alpha value is -0.670. The Labute approximate surface area is 57.8 Å². The zero-order valence-corrected chi connectivity index (χ0v) is 5.68. The lowest BCUT2D eigenvalue weighted by molar-refractivity contribution is -0.119. The minimum absolute atomic E-state index is 0.203. The van der Waals surface area contributed by atoms with Crippen molar-refractivity contribution in [3.63, 3.8) is 0 Å². The molecule has 0 bridgehead atoms. The Kier molecular flexibility index (Phi) is 1.62. The molecule has 1 heterocycles. The van der Waals surface area contributed by atoms with Crippen molar-refractivity contribution in [2.75, 3.05) is 6.54 Å². The standard InChI is InChI=1S/C6H9F2NO/c1-5-2-6(7,8)3-9(5)4-10/h4-5H,2-3H2,1H3. The van der Waals surface area contributed by atoms with Gasteiger partial charge in [-0.3, -0.25) is 4.79 Å². The van der Waals surface area contributed by atoms with Gasteiger partial charge in [-0.25, -0.2) is 8.78 Å². The maximum absolute atomic E-state index is 12.4. The Bertz CT molecular complexity index is 149. The number of hydrogen-bond acceptors (Lipinski definition) is 1. The Morgan fingerprint density at radius 2 is 2.30 bits per heavy atom. The minimum atomic E-state index is -2.67. The van der Waals surface area contributed by atoms with Gasteiger partial charge < -0.3 is 4.90 Å². The molecule has 1 fully saturated rings. The molecule has 1 atom stereocenters. The second-order valence-corrected chi connectivity index (χ2v) is 2.69. The summed E-state index contributed by atoms with van der Waals surface area (Å²) in [7, 11) is 0. The van der Waals surface area contributed by atoms with Crippen LogP contribution in [0.1, 0.15) is 13.3 Å². The minimum Gasteiger partial charge on any atom is -0.336 e. The first-order valence-corrected chi connectivity index (χ1v) is 3.14. The van der Waals surface area contributed by atoms with E-state index >= 15 is 0 Å². The van der Waals surface area contributed by atoms with Crippen LogP contribution in [0.15, 0.2) is 0 Å². The van der Waals surface area contributed by atoms with E-state index in [2.05, 4.69) is 0 Å². The number of likely N-dealkylation sites (tertiary alicyclic amines) is 1. The van der Waals surface area contributed by atoms with Crippen LogP contribution >= 0.6 is 0 Å². The van der Waals surface area contributed by atoms with Crippen molar-refractivity contribution in [3.05, 3.63) is 0 Å². The van der Waals surface area contributed by atoms with E-state index in [-0.39, 0.29) is 12.5 Å². The van der Waals surface area contributed by atoms with Crippen molar-refractivity contribution < 1.29 is 13.6 Å². The molecule has 4 heteroatoms. The van der Waals surface area contributed by atoms with E-state index in [0.29, 0.717) is 6.41 Å². The van der Waals surface area contributed by atoms with E-state index < -0.39 is 12.5 Å². The summed E-state index contributed by atoms with van der Waals surface area (Å²) in [5, 5.41) is 0. The molecule has 1 unspecified atom stereocenters. The lowest BCUT2D eigenvalue weighted by Gasteiger charge is -2.12. The first kappa shape index (κ1) is 7.44. The number of alkyl halides is 2. The molecule has 1 amide bonds. The van der Waals surface area contributed by atoms with Gasteiger partial charge in [0.1, 0.15) is 0 Å². The third-order valence-corrected chi connectivity index (χ3v) is 1.71. The highest BCUT2D eigenvalue weighted by atomic mass is 19.3. The molecular weight excluding hydrogens is 140 g/mol. The highest BCUT2D eigenvalue weighted by Crippen LogP contribution is 2.30. The molecule has 0 aromatic rings. The van der Waals surface area contributed by atoms with Crippen molar-refractivity contribution in [2.45, 2.75) is 25.3 Å². The fourth-order valence-corrected chi connectivity index (χ4v) is 1.18. The first-order chi connectivity index (χ1) is 4.55. The van der Waals surface area contributed by atoms with E-state index in [1.54, 1.807) is 6.92 Å². The third kappa shape index (κ3) is 1.25. The van der Waals surface area contributed by atoms with Gasteiger partial charge in [-0.1, -0.05) is 0 Å². The second-order valence-electron chi connectivity index (χ2n) is 2.69. The lowest BCUT2D eigenvalue weighted by atomic mass is 10.2. The maximum atomic E-state index is 12.4. The van der Waals surface area contributed by atoms with E-state index in [9.17, 15) is 13.6 Å². The maximum Gasteiger partial charge on any atom is 0.267 e. The molecule has 2 nitrogen and oxygen atoms in total. The predicted octanol–water partition coefficient (Wildman–Crippen LogP) is 0.872. The van der Waals surface area contributed by atoms with Crippen LogP contribution in [0, 0.1) is 0 Å². The first-order valence-electron chi connectivity index (χ1n) is 3.14. The van der Waals surface area contributed by atoms with Gasteiger partial charge in [0.05, 0.1) is 6.54 Å². The third-order valence-electron chi connectivity index (χ3n) is 1.71. The molecule has 0 radical (unpaired) electrons. The molecule has 1 aliphatic heterocycles. The van der Waals surface area contributed by atoms with Crippen molar-refractivity contribution in [2.24, 2.45) is 0 Å². The fourth-order valence-electron chi connectivity index (χ4n) is 1.18. The fraction of sp³-hybridized carbons (Fsp3) is 0.833. The quantitative estimate of drug-likeness (QED) is 0.506. The van der Waals surface area contributed by atoms with Gasteiger partial charge in [0, 0.05) is 12.5 Å². The van der Waals surface area contributed by atoms with E-state index in [4.69, 9.17) is 0 Å². The molecule has 1 saturated heterocycles. The number of hydrogen-bond donors (Lipinski definition) is 0. The van der Waals surface area contributed by atoms with Crippen LogP contribution in [-0.2, 0) is 4.79 Å². The van der Waals surface area contributed by atoms with E-state index in [1.807, 2.05) is 0 Å². The largest absolute Gasteiger partial charge is 0.336 e. The topological polar surface area (TPSA) is 20.3 Å². The van der Waals surface area contributed by atoms with Crippen molar-refractivity contribution in [1.82, 2.24) is 4.90 Å².